The molecule has 0 atom stereocenters. The highest BCUT2D eigenvalue weighted by Gasteiger charge is 2.14. The van der Waals surface area contributed by atoms with Crippen LogP contribution in [0.5, 0.6) is 5.75 Å². The molecule has 5 nitrogen and oxygen atoms in total. The number of nitrogens with one attached hydrogen (secondary N) is 2. The van der Waals surface area contributed by atoms with E-state index >= 15 is 0 Å². The fourth-order valence-electron chi connectivity index (χ4n) is 1.90. The predicted octanol–water partition coefficient (Wildman–Crippen LogP) is 2.98. The first kappa shape index (κ1) is 17.8. The van der Waals surface area contributed by atoms with E-state index in [0.717, 1.165) is 0 Å². The van der Waals surface area contributed by atoms with Crippen LogP contribution in [0.3, 0.4) is 0 Å². The summed E-state index contributed by atoms with van der Waals surface area (Å²) < 4.78 is 24.0. The lowest BCUT2D eigenvalue weighted by Crippen LogP contribution is -2.34. The van der Waals surface area contributed by atoms with Gasteiger partial charge in [0.05, 0.1) is 17.9 Å². The first-order valence-electron chi connectivity index (χ1n) is 7.19. The van der Waals surface area contributed by atoms with E-state index in [-0.39, 0.29) is 10.8 Å². The molecule has 0 bridgehead atoms. The van der Waals surface area contributed by atoms with Gasteiger partial charge in [-0.2, -0.15) is 0 Å². The highest BCUT2D eigenvalue weighted by atomic mass is 32.1. The lowest BCUT2D eigenvalue weighted by Gasteiger charge is -2.13. The number of benzene rings is 2. The lowest BCUT2D eigenvalue weighted by atomic mass is 10.2. The van der Waals surface area contributed by atoms with Crippen LogP contribution in [0.4, 0.5) is 10.1 Å². The number of rotatable bonds is 6. The Hall–Kier alpha value is -2.51. The molecular weight excluding hydrogens is 331 g/mol. The zero-order valence-corrected chi connectivity index (χ0v) is 13.9. The van der Waals surface area contributed by atoms with Crippen LogP contribution in [-0.4, -0.2) is 31.3 Å². The largest absolute Gasteiger partial charge is 0.490 e. The summed E-state index contributed by atoms with van der Waals surface area (Å²) in [5.41, 5.74) is 0.513. The summed E-state index contributed by atoms with van der Waals surface area (Å²) in [5, 5.41) is 5.15. The van der Waals surface area contributed by atoms with E-state index in [0.29, 0.717) is 24.5 Å². The van der Waals surface area contributed by atoms with Gasteiger partial charge in [-0.15, -0.1) is 0 Å². The number of thiocarbonyl (C=S) groups is 1. The molecule has 2 aromatic rings. The first-order chi connectivity index (χ1) is 11.6. The molecule has 0 spiro atoms. The number of carbonyl (C=O) groups is 1. The molecule has 2 rings (SSSR count). The van der Waals surface area contributed by atoms with E-state index in [1.807, 2.05) is 0 Å². The molecule has 0 fully saturated rings. The summed E-state index contributed by atoms with van der Waals surface area (Å²) in [7, 11) is 1.56. The minimum Gasteiger partial charge on any atom is -0.490 e. The van der Waals surface area contributed by atoms with Crippen molar-refractivity contribution in [2.24, 2.45) is 0 Å². The molecule has 1 amide bonds. The van der Waals surface area contributed by atoms with Gasteiger partial charge in [-0.1, -0.05) is 24.3 Å². The third kappa shape index (κ3) is 5.00. The summed E-state index contributed by atoms with van der Waals surface area (Å²) in [6.07, 6.45) is 0. The normalized spacial score (nSPS) is 10.1. The monoisotopic (exact) mass is 348 g/mol. The van der Waals surface area contributed by atoms with Crippen LogP contribution >= 0.6 is 12.2 Å². The summed E-state index contributed by atoms with van der Waals surface area (Å²) >= 11 is 5.05. The number of ether oxygens (including phenoxy) is 2. The molecule has 0 unspecified atom stereocenters. The van der Waals surface area contributed by atoms with Gasteiger partial charge in [0.25, 0.3) is 5.91 Å². The van der Waals surface area contributed by atoms with Gasteiger partial charge in [0, 0.05) is 7.11 Å². The second-order valence-corrected chi connectivity index (χ2v) is 5.13. The van der Waals surface area contributed by atoms with Gasteiger partial charge < -0.3 is 14.8 Å². The van der Waals surface area contributed by atoms with Crippen LogP contribution in [0.2, 0.25) is 0 Å². The molecule has 7 heteroatoms. The minimum atomic E-state index is -0.461. The Morgan fingerprint density at radius 2 is 1.83 bits per heavy atom. The molecule has 2 N–H and O–H groups in total. The second-order valence-electron chi connectivity index (χ2n) is 4.73. The van der Waals surface area contributed by atoms with Crippen LogP contribution in [0.1, 0.15) is 10.4 Å². The Morgan fingerprint density at radius 3 is 2.58 bits per heavy atom. The average Bonchev–Trinajstić information content (AvgIpc) is 2.57. The Labute approximate surface area is 144 Å². The molecule has 126 valence electrons. The predicted molar refractivity (Wildman–Crippen MR) is 93.9 cm³/mol. The second kappa shape index (κ2) is 8.95. The van der Waals surface area contributed by atoms with Gasteiger partial charge in [-0.3, -0.25) is 10.1 Å². The summed E-state index contributed by atoms with van der Waals surface area (Å²) in [6, 6.07) is 12.8. The third-order valence-electron chi connectivity index (χ3n) is 3.03. The van der Waals surface area contributed by atoms with E-state index < -0.39 is 11.7 Å². The maximum Gasteiger partial charge on any atom is 0.261 e. The van der Waals surface area contributed by atoms with E-state index in [2.05, 4.69) is 10.6 Å². The van der Waals surface area contributed by atoms with Crippen molar-refractivity contribution in [2.45, 2.75) is 0 Å². The number of carbonyl (C=O) groups excluding carboxylic acids is 1. The molecule has 0 aliphatic heterocycles. The molecule has 24 heavy (non-hydrogen) atoms. The van der Waals surface area contributed by atoms with Crippen molar-refractivity contribution < 1.29 is 18.7 Å². The Morgan fingerprint density at radius 1 is 1.12 bits per heavy atom. The maximum absolute atomic E-state index is 13.6. The van der Waals surface area contributed by atoms with Crippen molar-refractivity contribution in [2.75, 3.05) is 25.6 Å². The SMILES string of the molecule is COCCOc1ccccc1C(=O)NC(=S)Nc1ccccc1F. The van der Waals surface area contributed by atoms with Gasteiger partial charge >= 0.3 is 0 Å². The van der Waals surface area contributed by atoms with Crippen LogP contribution < -0.4 is 15.4 Å². The topological polar surface area (TPSA) is 59.6 Å². The zero-order chi connectivity index (χ0) is 17.4. The standard InChI is InChI=1S/C17H17FN2O3S/c1-22-10-11-23-15-9-5-2-6-12(15)16(21)20-17(24)19-14-8-4-3-7-13(14)18/h2-9H,10-11H2,1H3,(H2,19,20,21,24). The van der Waals surface area contributed by atoms with Crippen molar-refractivity contribution in [3.05, 3.63) is 59.9 Å². The summed E-state index contributed by atoms with van der Waals surface area (Å²) in [5.74, 6) is -0.491. The molecular formula is C17H17FN2O3S. The van der Waals surface area contributed by atoms with Crippen LogP contribution in [0.15, 0.2) is 48.5 Å². The highest BCUT2D eigenvalue weighted by Crippen LogP contribution is 2.18. The molecule has 0 aromatic heterocycles. The Bertz CT molecular complexity index is 724. The smallest absolute Gasteiger partial charge is 0.261 e. The van der Waals surface area contributed by atoms with Crippen LogP contribution in [-0.2, 0) is 4.74 Å². The van der Waals surface area contributed by atoms with Crippen molar-refractivity contribution >= 4 is 28.9 Å². The number of hydrogen-bond acceptors (Lipinski definition) is 4. The molecule has 0 saturated heterocycles. The Balaban J connectivity index is 2.01. The average molecular weight is 348 g/mol. The van der Waals surface area contributed by atoms with E-state index in [4.69, 9.17) is 21.7 Å². The quantitative estimate of drug-likeness (QED) is 0.621. The Kier molecular flexibility index (Phi) is 6.65. The van der Waals surface area contributed by atoms with Gasteiger partial charge in [0.2, 0.25) is 0 Å². The van der Waals surface area contributed by atoms with Gasteiger partial charge in [-0.25, -0.2) is 4.39 Å². The first-order valence-corrected chi connectivity index (χ1v) is 7.60. The fourth-order valence-corrected chi connectivity index (χ4v) is 2.10. The number of para-hydroxylation sites is 2. The molecule has 0 aliphatic rings. The zero-order valence-electron chi connectivity index (χ0n) is 13.0. The van der Waals surface area contributed by atoms with Crippen molar-refractivity contribution in [1.82, 2.24) is 5.32 Å². The van der Waals surface area contributed by atoms with Crippen LogP contribution in [0.25, 0.3) is 0 Å². The highest BCUT2D eigenvalue weighted by molar-refractivity contribution is 7.80. The maximum atomic E-state index is 13.6. The minimum absolute atomic E-state index is 0.00297. The number of halogens is 1. The molecule has 2 aromatic carbocycles. The van der Waals surface area contributed by atoms with E-state index in [1.165, 1.54) is 12.1 Å². The van der Waals surface area contributed by atoms with Gasteiger partial charge in [0.15, 0.2) is 5.11 Å². The lowest BCUT2D eigenvalue weighted by molar-refractivity contribution is 0.0970. The number of anilines is 1. The molecule has 0 heterocycles. The van der Waals surface area contributed by atoms with E-state index in [9.17, 15) is 9.18 Å². The van der Waals surface area contributed by atoms with E-state index in [1.54, 1.807) is 43.5 Å². The van der Waals surface area contributed by atoms with Gasteiger partial charge in [-0.05, 0) is 36.5 Å². The van der Waals surface area contributed by atoms with Crippen molar-refractivity contribution in [3.8, 4) is 5.75 Å². The van der Waals surface area contributed by atoms with Gasteiger partial charge in [0.1, 0.15) is 18.2 Å². The van der Waals surface area contributed by atoms with Crippen molar-refractivity contribution in [1.29, 1.82) is 0 Å². The molecule has 0 saturated carbocycles. The third-order valence-corrected chi connectivity index (χ3v) is 3.23. The summed E-state index contributed by atoms with van der Waals surface area (Å²) in [6.45, 7) is 0.724. The molecule has 0 aliphatic carbocycles. The number of amides is 1. The van der Waals surface area contributed by atoms with Crippen LogP contribution in [0, 0.1) is 5.82 Å². The summed E-state index contributed by atoms with van der Waals surface area (Å²) in [4.78, 5) is 12.3. The molecule has 0 radical (unpaired) electrons. The number of hydrogen-bond donors (Lipinski definition) is 2. The van der Waals surface area contributed by atoms with Crippen molar-refractivity contribution in [3.63, 3.8) is 0 Å². The number of methoxy groups -OCH3 is 1. The fraction of sp³-hybridized carbons (Fsp3) is 0.176.